The van der Waals surface area contributed by atoms with Gasteiger partial charge in [-0.25, -0.2) is 0 Å². The third kappa shape index (κ3) is 3.04. The molecule has 1 N–H and O–H groups in total. The fourth-order valence-electron chi connectivity index (χ4n) is 2.94. The van der Waals surface area contributed by atoms with Gasteiger partial charge in [-0.2, -0.15) is 0 Å². The summed E-state index contributed by atoms with van der Waals surface area (Å²) in [5, 5.41) is 6.03. The van der Waals surface area contributed by atoms with Gasteiger partial charge in [0.1, 0.15) is 0 Å². The molecule has 0 radical (unpaired) electrons. The standard InChI is InChI=1S/C16H27NOS/c1-6-18-14-10-13(16(14,4)5)17-15(11(2)3)12-8-7-9-19-12/h7-9,11,13-15,17H,6,10H2,1-5H3. The summed E-state index contributed by atoms with van der Waals surface area (Å²) >= 11 is 1.85. The SMILES string of the molecule is CCOC1CC(NC(c2cccs2)C(C)C)C1(C)C. The molecule has 0 amide bonds. The highest BCUT2D eigenvalue weighted by molar-refractivity contribution is 7.10. The highest BCUT2D eigenvalue weighted by Crippen LogP contribution is 2.44. The molecule has 3 unspecified atom stereocenters. The molecule has 108 valence electrons. The molecule has 0 spiro atoms. The molecule has 0 aromatic carbocycles. The largest absolute Gasteiger partial charge is 0.378 e. The van der Waals surface area contributed by atoms with Gasteiger partial charge in [-0.3, -0.25) is 0 Å². The monoisotopic (exact) mass is 281 g/mol. The number of thiophene rings is 1. The van der Waals surface area contributed by atoms with E-state index in [4.69, 9.17) is 4.74 Å². The van der Waals surface area contributed by atoms with Crippen LogP contribution in [0, 0.1) is 11.3 Å². The van der Waals surface area contributed by atoms with E-state index in [0.717, 1.165) is 13.0 Å². The minimum Gasteiger partial charge on any atom is -0.378 e. The highest BCUT2D eigenvalue weighted by Gasteiger charge is 2.49. The Morgan fingerprint density at radius 2 is 2.21 bits per heavy atom. The zero-order chi connectivity index (χ0) is 14.0. The van der Waals surface area contributed by atoms with E-state index in [1.54, 1.807) is 0 Å². The quantitative estimate of drug-likeness (QED) is 0.842. The molecule has 0 bridgehead atoms. The van der Waals surface area contributed by atoms with Crippen LogP contribution in [-0.4, -0.2) is 18.8 Å². The lowest BCUT2D eigenvalue weighted by molar-refractivity contribution is -0.117. The Balaban J connectivity index is 2.00. The van der Waals surface area contributed by atoms with Crippen LogP contribution >= 0.6 is 11.3 Å². The van der Waals surface area contributed by atoms with Crippen molar-refractivity contribution in [2.75, 3.05) is 6.61 Å². The lowest BCUT2D eigenvalue weighted by atomic mass is 9.64. The Morgan fingerprint density at radius 3 is 2.68 bits per heavy atom. The van der Waals surface area contributed by atoms with Crippen molar-refractivity contribution in [3.8, 4) is 0 Å². The maximum Gasteiger partial charge on any atom is 0.0655 e. The summed E-state index contributed by atoms with van der Waals surface area (Å²) in [5.41, 5.74) is 0.237. The number of ether oxygens (including phenoxy) is 1. The second-order valence-electron chi connectivity index (χ2n) is 6.46. The molecule has 0 saturated heterocycles. The molecule has 1 heterocycles. The average molecular weight is 281 g/mol. The molecule has 1 fully saturated rings. The second-order valence-corrected chi connectivity index (χ2v) is 7.44. The van der Waals surface area contributed by atoms with Crippen LogP contribution in [0.15, 0.2) is 17.5 Å². The van der Waals surface area contributed by atoms with Crippen molar-refractivity contribution in [1.29, 1.82) is 0 Å². The first-order chi connectivity index (χ1) is 8.96. The molecule has 1 aromatic rings. The summed E-state index contributed by atoms with van der Waals surface area (Å²) in [6, 6.07) is 5.41. The van der Waals surface area contributed by atoms with Gasteiger partial charge in [-0.1, -0.05) is 33.8 Å². The third-order valence-electron chi connectivity index (χ3n) is 4.44. The van der Waals surface area contributed by atoms with Crippen LogP contribution in [0.1, 0.15) is 52.0 Å². The molecule has 1 aliphatic carbocycles. The van der Waals surface area contributed by atoms with Crippen LogP contribution in [0.4, 0.5) is 0 Å². The molecule has 2 rings (SSSR count). The Bertz CT molecular complexity index is 385. The molecule has 2 nitrogen and oxygen atoms in total. The van der Waals surface area contributed by atoms with Crippen molar-refractivity contribution in [2.24, 2.45) is 11.3 Å². The molecule has 1 saturated carbocycles. The summed E-state index contributed by atoms with van der Waals surface area (Å²) in [6.45, 7) is 12.1. The van der Waals surface area contributed by atoms with E-state index in [9.17, 15) is 0 Å². The number of hydrogen-bond acceptors (Lipinski definition) is 3. The zero-order valence-corrected chi connectivity index (χ0v) is 13.6. The molecule has 3 heteroatoms. The minimum absolute atomic E-state index is 0.237. The van der Waals surface area contributed by atoms with Crippen LogP contribution < -0.4 is 5.32 Å². The van der Waals surface area contributed by atoms with Crippen molar-refractivity contribution in [1.82, 2.24) is 5.32 Å². The lowest BCUT2D eigenvalue weighted by Gasteiger charge is -2.53. The Morgan fingerprint density at radius 1 is 1.47 bits per heavy atom. The van der Waals surface area contributed by atoms with Crippen LogP contribution in [-0.2, 0) is 4.74 Å². The number of nitrogens with one attached hydrogen (secondary N) is 1. The minimum atomic E-state index is 0.237. The lowest BCUT2D eigenvalue weighted by Crippen LogP contribution is -2.61. The van der Waals surface area contributed by atoms with Gasteiger partial charge in [0, 0.05) is 29.0 Å². The summed E-state index contributed by atoms with van der Waals surface area (Å²) < 4.78 is 5.82. The van der Waals surface area contributed by atoms with E-state index >= 15 is 0 Å². The van der Waals surface area contributed by atoms with Crippen molar-refractivity contribution < 1.29 is 4.74 Å². The average Bonchev–Trinajstić information content (AvgIpc) is 2.85. The van der Waals surface area contributed by atoms with Crippen LogP contribution in [0.2, 0.25) is 0 Å². The fourth-order valence-corrected chi connectivity index (χ4v) is 3.90. The maximum atomic E-state index is 5.82. The van der Waals surface area contributed by atoms with E-state index in [1.807, 2.05) is 11.3 Å². The van der Waals surface area contributed by atoms with Gasteiger partial charge in [0.05, 0.1) is 6.10 Å². The topological polar surface area (TPSA) is 21.3 Å². The van der Waals surface area contributed by atoms with E-state index < -0.39 is 0 Å². The number of hydrogen-bond donors (Lipinski definition) is 1. The van der Waals surface area contributed by atoms with Gasteiger partial charge < -0.3 is 10.1 Å². The summed E-state index contributed by atoms with van der Waals surface area (Å²) in [7, 11) is 0. The summed E-state index contributed by atoms with van der Waals surface area (Å²) in [4.78, 5) is 1.45. The van der Waals surface area contributed by atoms with E-state index in [2.05, 4.69) is 57.4 Å². The first kappa shape index (κ1) is 15.0. The third-order valence-corrected chi connectivity index (χ3v) is 5.40. The van der Waals surface area contributed by atoms with Gasteiger partial charge in [-0.15, -0.1) is 11.3 Å². The molecular formula is C16H27NOS. The van der Waals surface area contributed by atoms with Crippen molar-refractivity contribution in [3.63, 3.8) is 0 Å². The van der Waals surface area contributed by atoms with Crippen molar-refractivity contribution in [3.05, 3.63) is 22.4 Å². The molecule has 1 aliphatic rings. The van der Waals surface area contributed by atoms with Gasteiger partial charge in [0.2, 0.25) is 0 Å². The van der Waals surface area contributed by atoms with Crippen molar-refractivity contribution in [2.45, 2.75) is 59.2 Å². The van der Waals surface area contributed by atoms with Gasteiger partial charge in [0.15, 0.2) is 0 Å². The summed E-state index contributed by atoms with van der Waals surface area (Å²) in [6.07, 6.45) is 1.54. The van der Waals surface area contributed by atoms with E-state index in [1.165, 1.54) is 4.88 Å². The normalized spacial score (nSPS) is 27.3. The second kappa shape index (κ2) is 5.94. The first-order valence-corrected chi connectivity index (χ1v) is 8.25. The molecular weight excluding hydrogens is 254 g/mol. The highest BCUT2D eigenvalue weighted by atomic mass is 32.1. The fraction of sp³-hybridized carbons (Fsp3) is 0.750. The molecule has 1 aromatic heterocycles. The molecule has 3 atom stereocenters. The maximum absolute atomic E-state index is 5.82. The molecule has 0 aliphatic heterocycles. The van der Waals surface area contributed by atoms with Gasteiger partial charge in [-0.05, 0) is 30.7 Å². The predicted octanol–water partition coefficient (Wildman–Crippen LogP) is 4.24. The van der Waals surface area contributed by atoms with Crippen LogP contribution in [0.25, 0.3) is 0 Å². The summed E-state index contributed by atoms with van der Waals surface area (Å²) in [5.74, 6) is 0.612. The first-order valence-electron chi connectivity index (χ1n) is 7.37. The van der Waals surface area contributed by atoms with Gasteiger partial charge in [0.25, 0.3) is 0 Å². The van der Waals surface area contributed by atoms with Crippen LogP contribution in [0.3, 0.4) is 0 Å². The Labute approximate surface area is 121 Å². The van der Waals surface area contributed by atoms with E-state index in [-0.39, 0.29) is 5.41 Å². The Kier molecular flexibility index (Phi) is 4.70. The Hall–Kier alpha value is -0.380. The number of rotatable bonds is 6. The zero-order valence-electron chi connectivity index (χ0n) is 12.8. The van der Waals surface area contributed by atoms with Gasteiger partial charge >= 0.3 is 0 Å². The predicted molar refractivity (Wildman–Crippen MR) is 82.6 cm³/mol. The molecule has 19 heavy (non-hydrogen) atoms. The van der Waals surface area contributed by atoms with Crippen LogP contribution in [0.5, 0.6) is 0 Å². The van der Waals surface area contributed by atoms with E-state index in [0.29, 0.717) is 24.1 Å². The smallest absolute Gasteiger partial charge is 0.0655 e. The van der Waals surface area contributed by atoms with Crippen molar-refractivity contribution >= 4 is 11.3 Å².